The Balaban J connectivity index is 1.82. The molecular weight excluding hydrogens is 468 g/mol. The highest BCUT2D eigenvalue weighted by atomic mass is 35.5. The number of nitrogens with one attached hydrogen (secondary N) is 1. The number of aromatic nitrogens is 2. The highest BCUT2D eigenvalue weighted by Gasteiger charge is 2.23. The average Bonchev–Trinajstić information content (AvgIpc) is 3.12. The Morgan fingerprint density at radius 1 is 1.16 bits per heavy atom. The molecule has 3 rings (SSSR count). The molecule has 0 aliphatic rings. The van der Waals surface area contributed by atoms with Gasteiger partial charge in [0.25, 0.3) is 0 Å². The fraction of sp³-hybridized carbons (Fsp3) is 0.364. The Labute approximate surface area is 198 Å². The molecule has 1 N–H and O–H groups in total. The maximum absolute atomic E-state index is 12.9. The summed E-state index contributed by atoms with van der Waals surface area (Å²) in [5, 5.41) is 4.10. The molecule has 0 saturated carbocycles. The maximum Gasteiger partial charge on any atom is 0.243 e. The minimum Gasteiger partial charge on any atom is -0.325 e. The van der Waals surface area contributed by atoms with Gasteiger partial charge in [-0.3, -0.25) is 4.79 Å². The fourth-order valence-electron chi connectivity index (χ4n) is 3.42. The second kappa shape index (κ2) is 10.2. The van der Waals surface area contributed by atoms with Crippen LogP contribution in [0.25, 0.3) is 11.0 Å². The number of aryl methyl sites for hydroxylation is 2. The van der Waals surface area contributed by atoms with Gasteiger partial charge in [0.1, 0.15) is 0 Å². The molecule has 0 unspecified atom stereocenters. The number of carbonyl (C=O) groups excluding carboxylic acids is 1. The third-order valence-corrected chi connectivity index (χ3v) is 8.41. The van der Waals surface area contributed by atoms with Crippen LogP contribution < -0.4 is 5.32 Å². The molecule has 0 fully saturated rings. The van der Waals surface area contributed by atoms with Gasteiger partial charge in [-0.15, -0.1) is 0 Å². The van der Waals surface area contributed by atoms with E-state index in [1.165, 1.54) is 16.1 Å². The van der Waals surface area contributed by atoms with Crippen LogP contribution >= 0.6 is 23.4 Å². The number of carbonyl (C=O) groups is 1. The van der Waals surface area contributed by atoms with Crippen molar-refractivity contribution in [2.45, 2.75) is 44.3 Å². The van der Waals surface area contributed by atoms with Gasteiger partial charge in [-0.05, 0) is 49.7 Å². The predicted octanol–water partition coefficient (Wildman–Crippen LogP) is 4.78. The summed E-state index contributed by atoms with van der Waals surface area (Å²) in [6, 6.07) is 10.4. The predicted molar refractivity (Wildman–Crippen MR) is 131 cm³/mol. The molecular formula is C22H27ClN4O3S2. The third kappa shape index (κ3) is 5.11. The zero-order valence-corrected chi connectivity index (χ0v) is 20.9. The molecule has 0 saturated heterocycles. The van der Waals surface area contributed by atoms with Crippen molar-refractivity contribution in [3.05, 3.63) is 47.0 Å². The number of hydrogen-bond donors (Lipinski definition) is 1. The number of amides is 1. The molecule has 10 heteroatoms. The highest BCUT2D eigenvalue weighted by Crippen LogP contribution is 2.28. The summed E-state index contributed by atoms with van der Waals surface area (Å²) in [5.74, 6) is -0.000236. The number of rotatable bonds is 9. The number of benzene rings is 2. The second-order valence-electron chi connectivity index (χ2n) is 7.17. The lowest BCUT2D eigenvalue weighted by atomic mass is 10.2. The lowest BCUT2D eigenvalue weighted by Gasteiger charge is -2.18. The van der Waals surface area contributed by atoms with E-state index in [1.807, 2.05) is 38.3 Å². The van der Waals surface area contributed by atoms with Crippen LogP contribution in [0, 0.1) is 6.92 Å². The van der Waals surface area contributed by atoms with Gasteiger partial charge in [0, 0.05) is 30.3 Å². The topological polar surface area (TPSA) is 84.3 Å². The van der Waals surface area contributed by atoms with E-state index in [0.717, 1.165) is 11.1 Å². The van der Waals surface area contributed by atoms with E-state index >= 15 is 0 Å². The summed E-state index contributed by atoms with van der Waals surface area (Å²) in [5.41, 5.74) is 3.03. The van der Waals surface area contributed by atoms with E-state index in [2.05, 4.69) is 10.3 Å². The standard InChI is InChI=1S/C22H27ClN4O3S2/c1-5-26(6-2)32(29,30)17-10-11-20-19(13-17)25-22(27(20)7-3)31-14-21(28)24-18-12-16(23)9-8-15(18)4/h8-13H,5-7,14H2,1-4H3,(H,24,28). The summed E-state index contributed by atoms with van der Waals surface area (Å²) < 4.78 is 29.1. The molecule has 0 aliphatic carbocycles. The quantitative estimate of drug-likeness (QED) is 0.433. The van der Waals surface area contributed by atoms with E-state index in [1.54, 1.807) is 30.3 Å². The Morgan fingerprint density at radius 3 is 2.53 bits per heavy atom. The number of halogens is 1. The molecule has 7 nitrogen and oxygen atoms in total. The van der Waals surface area contributed by atoms with Gasteiger partial charge in [-0.25, -0.2) is 13.4 Å². The van der Waals surface area contributed by atoms with Crippen molar-refractivity contribution >= 4 is 56.0 Å². The van der Waals surface area contributed by atoms with Crippen molar-refractivity contribution in [3.8, 4) is 0 Å². The van der Waals surface area contributed by atoms with Crippen LogP contribution in [0.15, 0.2) is 46.5 Å². The summed E-state index contributed by atoms with van der Waals surface area (Å²) in [4.78, 5) is 17.3. The van der Waals surface area contributed by atoms with Crippen molar-refractivity contribution < 1.29 is 13.2 Å². The maximum atomic E-state index is 12.9. The molecule has 2 aromatic carbocycles. The molecule has 0 atom stereocenters. The molecule has 172 valence electrons. The normalized spacial score (nSPS) is 11.9. The number of fused-ring (bicyclic) bond motifs is 1. The first-order valence-electron chi connectivity index (χ1n) is 10.4. The van der Waals surface area contributed by atoms with Gasteiger partial charge in [0.05, 0.1) is 21.7 Å². The summed E-state index contributed by atoms with van der Waals surface area (Å²) >= 11 is 7.34. The van der Waals surface area contributed by atoms with Crippen LogP contribution in [0.1, 0.15) is 26.3 Å². The Morgan fingerprint density at radius 2 is 1.88 bits per heavy atom. The van der Waals surface area contributed by atoms with E-state index in [9.17, 15) is 13.2 Å². The van der Waals surface area contributed by atoms with Gasteiger partial charge < -0.3 is 9.88 Å². The van der Waals surface area contributed by atoms with Crippen molar-refractivity contribution in [2.24, 2.45) is 0 Å². The van der Waals surface area contributed by atoms with Crippen LogP contribution in [0.3, 0.4) is 0 Å². The third-order valence-electron chi connectivity index (χ3n) is 5.15. The van der Waals surface area contributed by atoms with Crippen molar-refractivity contribution in [2.75, 3.05) is 24.2 Å². The highest BCUT2D eigenvalue weighted by molar-refractivity contribution is 7.99. The van der Waals surface area contributed by atoms with E-state index in [4.69, 9.17) is 11.6 Å². The summed E-state index contributed by atoms with van der Waals surface area (Å²) in [6.45, 7) is 8.98. The SMILES string of the molecule is CCN(CC)S(=O)(=O)c1ccc2c(c1)nc(SCC(=O)Nc1cc(Cl)ccc1C)n2CC. The van der Waals surface area contributed by atoms with Crippen LogP contribution in [0.4, 0.5) is 5.69 Å². The molecule has 1 amide bonds. The molecule has 1 heterocycles. The van der Waals surface area contributed by atoms with E-state index in [0.29, 0.717) is 41.0 Å². The number of anilines is 1. The van der Waals surface area contributed by atoms with Gasteiger partial charge in [0.15, 0.2) is 5.16 Å². The number of thioether (sulfide) groups is 1. The minimum absolute atomic E-state index is 0.167. The molecule has 32 heavy (non-hydrogen) atoms. The first kappa shape index (κ1) is 24.6. The van der Waals surface area contributed by atoms with E-state index < -0.39 is 10.0 Å². The zero-order chi connectivity index (χ0) is 23.5. The first-order valence-corrected chi connectivity index (χ1v) is 13.2. The smallest absolute Gasteiger partial charge is 0.243 e. The first-order chi connectivity index (χ1) is 15.2. The monoisotopic (exact) mass is 494 g/mol. The molecule has 0 spiro atoms. The van der Waals surface area contributed by atoms with Gasteiger partial charge in [-0.1, -0.05) is 43.3 Å². The number of nitrogens with zero attached hydrogens (tertiary/aromatic N) is 3. The van der Waals surface area contributed by atoms with Gasteiger partial charge in [0.2, 0.25) is 15.9 Å². The molecule has 1 aromatic heterocycles. The van der Waals surface area contributed by atoms with Crippen LogP contribution in [-0.2, 0) is 21.4 Å². The van der Waals surface area contributed by atoms with Crippen molar-refractivity contribution in [1.82, 2.24) is 13.9 Å². The molecule has 3 aromatic rings. The Bertz CT molecular complexity index is 1240. The van der Waals surface area contributed by atoms with Gasteiger partial charge >= 0.3 is 0 Å². The molecule has 0 radical (unpaired) electrons. The lowest BCUT2D eigenvalue weighted by Crippen LogP contribution is -2.30. The zero-order valence-electron chi connectivity index (χ0n) is 18.6. The largest absolute Gasteiger partial charge is 0.325 e. The second-order valence-corrected chi connectivity index (χ2v) is 10.5. The molecule has 0 aliphatic heterocycles. The summed E-state index contributed by atoms with van der Waals surface area (Å²) in [6.07, 6.45) is 0. The van der Waals surface area contributed by atoms with E-state index in [-0.39, 0.29) is 16.6 Å². The Hall–Kier alpha value is -2.07. The lowest BCUT2D eigenvalue weighted by molar-refractivity contribution is -0.113. The van der Waals surface area contributed by atoms with Gasteiger partial charge in [-0.2, -0.15) is 4.31 Å². The van der Waals surface area contributed by atoms with Crippen LogP contribution in [0.2, 0.25) is 5.02 Å². The number of imidazole rings is 1. The van der Waals surface area contributed by atoms with Crippen molar-refractivity contribution in [1.29, 1.82) is 0 Å². The minimum atomic E-state index is -3.57. The summed E-state index contributed by atoms with van der Waals surface area (Å²) in [7, 11) is -3.57. The molecule has 0 bridgehead atoms. The number of hydrogen-bond acceptors (Lipinski definition) is 5. The number of sulfonamides is 1. The Kier molecular flexibility index (Phi) is 7.87. The fourth-order valence-corrected chi connectivity index (χ4v) is 5.95. The van der Waals surface area contributed by atoms with Crippen LogP contribution in [-0.4, -0.2) is 47.0 Å². The van der Waals surface area contributed by atoms with Crippen LogP contribution in [0.5, 0.6) is 0 Å². The average molecular weight is 495 g/mol. The van der Waals surface area contributed by atoms with Crippen molar-refractivity contribution in [3.63, 3.8) is 0 Å².